The molecule has 3 rings (SSSR count). The molecule has 2 N–H and O–H groups in total. The highest BCUT2D eigenvalue weighted by Crippen LogP contribution is 2.23. The van der Waals surface area contributed by atoms with Crippen LogP contribution in [0, 0.1) is 5.92 Å². The van der Waals surface area contributed by atoms with Crippen LogP contribution in [-0.4, -0.2) is 40.5 Å². The number of ether oxygens (including phenoxy) is 1. The molecule has 0 unspecified atom stereocenters. The Labute approximate surface area is 159 Å². The quantitative estimate of drug-likeness (QED) is 0.844. The number of amidine groups is 1. The lowest BCUT2D eigenvalue weighted by atomic mass is 9.95. The van der Waals surface area contributed by atoms with E-state index in [0.29, 0.717) is 25.6 Å². The highest BCUT2D eigenvalue weighted by Gasteiger charge is 2.32. The van der Waals surface area contributed by atoms with Gasteiger partial charge in [0.1, 0.15) is 11.4 Å². The molecule has 0 aromatic heterocycles. The van der Waals surface area contributed by atoms with Crippen molar-refractivity contribution in [3.8, 4) is 0 Å². The summed E-state index contributed by atoms with van der Waals surface area (Å²) < 4.78 is 5.46. The average molecular weight is 380 g/mol. The van der Waals surface area contributed by atoms with E-state index in [2.05, 4.69) is 16.2 Å². The molecule has 2 heterocycles. The highest BCUT2D eigenvalue weighted by molar-refractivity contribution is 6.30. The molecule has 0 saturated carbocycles. The Morgan fingerprint density at radius 1 is 1.27 bits per heavy atom. The van der Waals surface area contributed by atoms with Gasteiger partial charge in [0.05, 0.1) is 6.54 Å². The molecule has 142 valence electrons. The summed E-state index contributed by atoms with van der Waals surface area (Å²) in [5.74, 6) is 1.27. The van der Waals surface area contributed by atoms with Gasteiger partial charge in [-0.25, -0.2) is 10.3 Å². The minimum Gasteiger partial charge on any atom is -0.444 e. The number of nitrogens with one attached hydrogen (secondary N) is 2. The number of nitrogens with zero attached hydrogens (tertiary/aromatic N) is 3. The van der Waals surface area contributed by atoms with Crippen molar-refractivity contribution in [3.63, 3.8) is 0 Å². The molecule has 1 amide bonds. The maximum Gasteiger partial charge on any atom is 0.410 e. The SMILES string of the molecule is CC(C)(C)OC(=O)N1CCC(C2=NNNN2Cc2ccc(Cl)cc2)CC1. The van der Waals surface area contributed by atoms with Crippen molar-refractivity contribution in [2.24, 2.45) is 11.0 Å². The largest absolute Gasteiger partial charge is 0.444 e. The van der Waals surface area contributed by atoms with Crippen LogP contribution in [0.1, 0.15) is 39.2 Å². The zero-order valence-electron chi connectivity index (χ0n) is 15.5. The molecule has 0 radical (unpaired) electrons. The third kappa shape index (κ3) is 4.80. The third-order valence-corrected chi connectivity index (χ3v) is 4.65. The molecule has 8 heteroatoms. The predicted molar refractivity (Wildman–Crippen MR) is 101 cm³/mol. The number of benzene rings is 1. The monoisotopic (exact) mass is 379 g/mol. The van der Waals surface area contributed by atoms with Crippen molar-refractivity contribution in [1.29, 1.82) is 0 Å². The van der Waals surface area contributed by atoms with Gasteiger partial charge in [-0.05, 0) is 51.3 Å². The summed E-state index contributed by atoms with van der Waals surface area (Å²) in [4.78, 5) is 14.0. The van der Waals surface area contributed by atoms with Gasteiger partial charge in [-0.2, -0.15) is 0 Å². The Balaban J connectivity index is 1.55. The minimum absolute atomic E-state index is 0.237. The normalized spacial score (nSPS) is 18.5. The van der Waals surface area contributed by atoms with Gasteiger partial charge in [-0.15, -0.1) is 10.6 Å². The smallest absolute Gasteiger partial charge is 0.410 e. The van der Waals surface area contributed by atoms with E-state index in [1.165, 1.54) is 0 Å². The van der Waals surface area contributed by atoms with Crippen molar-refractivity contribution in [2.45, 2.75) is 45.8 Å². The number of carbonyl (C=O) groups excluding carboxylic acids is 1. The molecule has 7 nitrogen and oxygen atoms in total. The van der Waals surface area contributed by atoms with Crippen LogP contribution in [0.15, 0.2) is 29.4 Å². The van der Waals surface area contributed by atoms with E-state index < -0.39 is 5.60 Å². The molecule has 1 saturated heterocycles. The Morgan fingerprint density at radius 2 is 1.92 bits per heavy atom. The second-order valence-corrected chi connectivity index (χ2v) is 8.08. The number of carbonyl (C=O) groups is 1. The Hall–Kier alpha value is -1.99. The van der Waals surface area contributed by atoms with Crippen molar-refractivity contribution in [3.05, 3.63) is 34.9 Å². The van der Waals surface area contributed by atoms with Crippen molar-refractivity contribution in [2.75, 3.05) is 13.1 Å². The van der Waals surface area contributed by atoms with E-state index in [-0.39, 0.29) is 6.09 Å². The van der Waals surface area contributed by atoms with Crippen molar-refractivity contribution >= 4 is 23.5 Å². The van der Waals surface area contributed by atoms with Crippen LogP contribution in [0.2, 0.25) is 5.02 Å². The molecule has 2 aliphatic rings. The Kier molecular flexibility index (Phi) is 5.58. The molecule has 2 aliphatic heterocycles. The third-order valence-electron chi connectivity index (χ3n) is 4.40. The van der Waals surface area contributed by atoms with Gasteiger partial charge in [0.15, 0.2) is 0 Å². The summed E-state index contributed by atoms with van der Waals surface area (Å²) in [5, 5.41) is 7.14. The van der Waals surface area contributed by atoms with E-state index in [1.807, 2.05) is 50.0 Å². The van der Waals surface area contributed by atoms with Gasteiger partial charge in [-0.1, -0.05) is 23.7 Å². The molecule has 0 spiro atoms. The van der Waals surface area contributed by atoms with Crippen molar-refractivity contribution in [1.82, 2.24) is 21.0 Å². The first-order valence-corrected chi connectivity index (χ1v) is 9.28. The number of hydrazone groups is 1. The molecule has 0 atom stereocenters. The Bertz CT molecular complexity index is 663. The van der Waals surface area contributed by atoms with Gasteiger partial charge < -0.3 is 9.64 Å². The molecule has 0 bridgehead atoms. The van der Waals surface area contributed by atoms with Crippen LogP contribution >= 0.6 is 11.6 Å². The van der Waals surface area contributed by atoms with Crippen LogP contribution in [0.25, 0.3) is 0 Å². The lowest BCUT2D eigenvalue weighted by Gasteiger charge is -2.34. The predicted octanol–water partition coefficient (Wildman–Crippen LogP) is 3.13. The molecule has 0 aliphatic carbocycles. The van der Waals surface area contributed by atoms with Gasteiger partial charge in [0.25, 0.3) is 0 Å². The van der Waals surface area contributed by atoms with Gasteiger partial charge >= 0.3 is 6.09 Å². The van der Waals surface area contributed by atoms with E-state index in [0.717, 1.165) is 29.3 Å². The highest BCUT2D eigenvalue weighted by atomic mass is 35.5. The zero-order chi connectivity index (χ0) is 18.7. The summed E-state index contributed by atoms with van der Waals surface area (Å²) in [6.07, 6.45) is 1.48. The van der Waals surface area contributed by atoms with Crippen LogP contribution in [0.4, 0.5) is 4.79 Å². The van der Waals surface area contributed by atoms with Gasteiger partial charge in [-0.3, -0.25) is 5.01 Å². The summed E-state index contributed by atoms with van der Waals surface area (Å²) in [6.45, 7) is 7.70. The number of hydrogen-bond acceptors (Lipinski definition) is 6. The molecule has 26 heavy (non-hydrogen) atoms. The van der Waals surface area contributed by atoms with Crippen molar-refractivity contribution < 1.29 is 9.53 Å². The summed E-state index contributed by atoms with van der Waals surface area (Å²) in [5.41, 5.74) is 6.60. The lowest BCUT2D eigenvalue weighted by molar-refractivity contribution is 0.0199. The first kappa shape index (κ1) is 18.8. The fourth-order valence-corrected chi connectivity index (χ4v) is 3.24. The second kappa shape index (κ2) is 7.72. The first-order chi connectivity index (χ1) is 12.3. The fourth-order valence-electron chi connectivity index (χ4n) is 3.11. The number of likely N-dealkylation sites (tertiary alicyclic amines) is 1. The van der Waals surface area contributed by atoms with E-state index in [1.54, 1.807) is 4.90 Å². The van der Waals surface area contributed by atoms with Crippen LogP contribution in [0.3, 0.4) is 0 Å². The number of halogens is 1. The van der Waals surface area contributed by atoms with Crippen LogP contribution < -0.4 is 11.1 Å². The minimum atomic E-state index is -0.466. The summed E-state index contributed by atoms with van der Waals surface area (Å²) in [7, 11) is 0. The number of piperidine rings is 1. The summed E-state index contributed by atoms with van der Waals surface area (Å²) in [6, 6.07) is 7.78. The maximum atomic E-state index is 12.2. The second-order valence-electron chi connectivity index (χ2n) is 7.65. The van der Waals surface area contributed by atoms with Crippen LogP contribution in [0.5, 0.6) is 0 Å². The lowest BCUT2D eigenvalue weighted by Crippen LogP contribution is -2.47. The summed E-state index contributed by atoms with van der Waals surface area (Å²) >= 11 is 5.95. The number of hydrogen-bond donors (Lipinski definition) is 2. The molecule has 1 fully saturated rings. The van der Waals surface area contributed by atoms with E-state index in [4.69, 9.17) is 16.3 Å². The van der Waals surface area contributed by atoms with Gasteiger partial charge in [0, 0.05) is 24.0 Å². The number of hydrazine groups is 2. The van der Waals surface area contributed by atoms with E-state index >= 15 is 0 Å². The van der Waals surface area contributed by atoms with E-state index in [9.17, 15) is 4.79 Å². The number of rotatable bonds is 3. The molecular formula is C18H26ClN5O2. The maximum absolute atomic E-state index is 12.2. The number of amides is 1. The average Bonchev–Trinajstić information content (AvgIpc) is 3.04. The molecule has 1 aromatic rings. The fraction of sp³-hybridized carbons (Fsp3) is 0.556. The zero-order valence-corrected chi connectivity index (χ0v) is 16.2. The standard InChI is InChI=1S/C18H26ClN5O2/c1-18(2,3)26-17(25)23-10-8-14(9-11-23)16-20-21-22-24(16)12-13-4-6-15(19)7-5-13/h4-7,14,21-22H,8-12H2,1-3H3. The molecule has 1 aromatic carbocycles. The topological polar surface area (TPSA) is 69.2 Å². The van der Waals surface area contributed by atoms with Gasteiger partial charge in [0.2, 0.25) is 0 Å². The first-order valence-electron chi connectivity index (χ1n) is 8.90. The Morgan fingerprint density at radius 3 is 2.54 bits per heavy atom. The molecular weight excluding hydrogens is 354 g/mol. The van der Waals surface area contributed by atoms with Crippen LogP contribution in [-0.2, 0) is 11.3 Å².